The van der Waals surface area contributed by atoms with Gasteiger partial charge in [0.05, 0.1) is 99.1 Å². The summed E-state index contributed by atoms with van der Waals surface area (Å²) in [5.41, 5.74) is 0.375. The normalized spacial score (nSPS) is 11.6. The van der Waals surface area contributed by atoms with Crippen LogP contribution >= 0.6 is 0 Å². The van der Waals surface area contributed by atoms with Gasteiger partial charge in [-0.2, -0.15) is 0 Å². The van der Waals surface area contributed by atoms with Gasteiger partial charge < -0.3 is 42.3 Å². The maximum atomic E-state index is 11.1. The van der Waals surface area contributed by atoms with Crippen molar-refractivity contribution < 1.29 is 47.1 Å². The molecule has 11 heteroatoms. The first-order valence-electron chi connectivity index (χ1n) is 11.8. The molecule has 0 rings (SSSR count). The van der Waals surface area contributed by atoms with E-state index in [0.717, 1.165) is 0 Å². The highest BCUT2D eigenvalue weighted by molar-refractivity contribution is 6.69. The SMILES string of the molecule is C=C(C)C(=O)OCCOCCOCCOCCOCCOCCOCCOCCO[Si](C)(C)C. The van der Waals surface area contributed by atoms with E-state index in [0.29, 0.717) is 105 Å². The minimum Gasteiger partial charge on any atom is -0.460 e. The molecule has 0 spiro atoms. The molecule has 0 saturated carbocycles. The predicted octanol–water partition coefficient (Wildman–Crippen LogP) is 2.07. The third-order valence-corrected chi connectivity index (χ3v) is 4.87. The van der Waals surface area contributed by atoms with Crippen molar-refractivity contribution in [3.63, 3.8) is 0 Å². The zero-order chi connectivity index (χ0) is 25.3. The Labute approximate surface area is 206 Å². The number of hydrogen-bond donors (Lipinski definition) is 0. The van der Waals surface area contributed by atoms with Gasteiger partial charge in [-0.15, -0.1) is 0 Å². The fraction of sp³-hybridized carbons (Fsp3) is 0.870. The van der Waals surface area contributed by atoms with Crippen LogP contribution in [0.2, 0.25) is 19.6 Å². The van der Waals surface area contributed by atoms with Gasteiger partial charge in [0, 0.05) is 5.57 Å². The third-order valence-electron chi connectivity index (χ3n) is 3.80. The van der Waals surface area contributed by atoms with Crippen molar-refractivity contribution in [2.45, 2.75) is 26.6 Å². The Bertz CT molecular complexity index is 485. The van der Waals surface area contributed by atoms with Gasteiger partial charge in [0.25, 0.3) is 0 Å². The fourth-order valence-corrected chi connectivity index (χ4v) is 2.84. The van der Waals surface area contributed by atoms with Crippen molar-refractivity contribution in [1.82, 2.24) is 0 Å². The van der Waals surface area contributed by atoms with Crippen LogP contribution in [-0.2, 0) is 47.1 Å². The van der Waals surface area contributed by atoms with Crippen LogP contribution in [-0.4, -0.2) is 120 Å². The monoisotopic (exact) mass is 510 g/mol. The van der Waals surface area contributed by atoms with Crippen LogP contribution in [0.15, 0.2) is 12.2 Å². The minimum atomic E-state index is -1.45. The first-order chi connectivity index (χ1) is 16.3. The van der Waals surface area contributed by atoms with Crippen LogP contribution in [0.25, 0.3) is 0 Å². The van der Waals surface area contributed by atoms with Gasteiger partial charge in [-0.25, -0.2) is 4.79 Å². The quantitative estimate of drug-likeness (QED) is 0.0744. The molecule has 202 valence electrons. The Morgan fingerprint density at radius 1 is 0.529 bits per heavy atom. The lowest BCUT2D eigenvalue weighted by Gasteiger charge is -2.16. The highest BCUT2D eigenvalue weighted by Crippen LogP contribution is 2.01. The number of hydrogen-bond acceptors (Lipinski definition) is 10. The van der Waals surface area contributed by atoms with Gasteiger partial charge in [-0.3, -0.25) is 0 Å². The van der Waals surface area contributed by atoms with Crippen molar-refractivity contribution >= 4 is 14.3 Å². The molecule has 0 bridgehead atoms. The van der Waals surface area contributed by atoms with Gasteiger partial charge >= 0.3 is 5.97 Å². The first-order valence-corrected chi connectivity index (χ1v) is 15.2. The molecule has 0 fully saturated rings. The van der Waals surface area contributed by atoms with Crippen LogP contribution in [0.4, 0.5) is 0 Å². The summed E-state index contributed by atoms with van der Waals surface area (Å²) in [5, 5.41) is 0. The molecule has 0 aromatic rings. The second-order valence-electron chi connectivity index (χ2n) is 8.16. The van der Waals surface area contributed by atoms with Crippen molar-refractivity contribution in [2.75, 3.05) is 106 Å². The molecule has 0 atom stereocenters. The number of rotatable bonds is 26. The van der Waals surface area contributed by atoms with E-state index in [1.54, 1.807) is 6.92 Å². The van der Waals surface area contributed by atoms with Gasteiger partial charge in [-0.1, -0.05) is 6.58 Å². The van der Waals surface area contributed by atoms with E-state index in [4.69, 9.17) is 42.3 Å². The van der Waals surface area contributed by atoms with Crippen LogP contribution in [0.3, 0.4) is 0 Å². The molecule has 34 heavy (non-hydrogen) atoms. The lowest BCUT2D eigenvalue weighted by atomic mass is 10.4. The molecule has 0 N–H and O–H groups in total. The van der Waals surface area contributed by atoms with Gasteiger partial charge in [-0.05, 0) is 26.6 Å². The van der Waals surface area contributed by atoms with E-state index in [-0.39, 0.29) is 6.61 Å². The van der Waals surface area contributed by atoms with Crippen molar-refractivity contribution in [3.8, 4) is 0 Å². The molecule has 0 aromatic carbocycles. The summed E-state index contributed by atoms with van der Waals surface area (Å²) >= 11 is 0. The average Bonchev–Trinajstić information content (AvgIpc) is 2.78. The van der Waals surface area contributed by atoms with Crippen LogP contribution in [0.5, 0.6) is 0 Å². The van der Waals surface area contributed by atoms with Crippen LogP contribution in [0.1, 0.15) is 6.92 Å². The van der Waals surface area contributed by atoms with E-state index in [2.05, 4.69) is 26.2 Å². The maximum Gasteiger partial charge on any atom is 0.333 e. The topological polar surface area (TPSA) is 100 Å². The van der Waals surface area contributed by atoms with Crippen LogP contribution in [0, 0.1) is 0 Å². The van der Waals surface area contributed by atoms with Crippen molar-refractivity contribution in [3.05, 3.63) is 12.2 Å². The van der Waals surface area contributed by atoms with E-state index in [1.165, 1.54) is 0 Å². The number of ether oxygens (including phenoxy) is 8. The molecular formula is C23H46O10Si. The molecule has 0 aliphatic rings. The smallest absolute Gasteiger partial charge is 0.333 e. The largest absolute Gasteiger partial charge is 0.460 e. The standard InChI is InChI=1S/C23H46O10Si/c1-22(2)23(24)32-20-18-30-16-14-28-12-10-26-8-6-25-7-9-27-11-13-29-15-17-31-19-21-33-34(3,4)5/h1,6-21H2,2-5H3. The second-order valence-corrected chi connectivity index (χ2v) is 12.7. The van der Waals surface area contributed by atoms with E-state index in [9.17, 15) is 4.79 Å². The zero-order valence-corrected chi connectivity index (χ0v) is 22.6. The summed E-state index contributed by atoms with van der Waals surface area (Å²) < 4.78 is 48.4. The summed E-state index contributed by atoms with van der Waals surface area (Å²) in [7, 11) is -1.45. The van der Waals surface area contributed by atoms with E-state index < -0.39 is 14.3 Å². The Morgan fingerprint density at radius 3 is 1.06 bits per heavy atom. The molecule has 10 nitrogen and oxygen atoms in total. The summed E-state index contributed by atoms with van der Waals surface area (Å²) in [6.07, 6.45) is 0. The maximum absolute atomic E-state index is 11.1. The Hall–Kier alpha value is -0.893. The van der Waals surface area contributed by atoms with Crippen LogP contribution < -0.4 is 0 Å². The van der Waals surface area contributed by atoms with E-state index >= 15 is 0 Å². The summed E-state index contributed by atoms with van der Waals surface area (Å²) in [6, 6.07) is 0. The molecule has 0 aliphatic heterocycles. The molecule has 0 radical (unpaired) electrons. The third kappa shape index (κ3) is 27.4. The van der Waals surface area contributed by atoms with Gasteiger partial charge in [0.15, 0.2) is 8.32 Å². The van der Waals surface area contributed by atoms with Gasteiger partial charge in [0.1, 0.15) is 6.61 Å². The molecule has 0 heterocycles. The lowest BCUT2D eigenvalue weighted by Crippen LogP contribution is -2.27. The molecule has 0 saturated heterocycles. The molecule has 0 amide bonds. The molecule has 0 aliphatic carbocycles. The average molecular weight is 511 g/mol. The van der Waals surface area contributed by atoms with Crippen molar-refractivity contribution in [1.29, 1.82) is 0 Å². The summed E-state index contributed by atoms with van der Waals surface area (Å²) in [4.78, 5) is 11.1. The van der Waals surface area contributed by atoms with Gasteiger partial charge in [0.2, 0.25) is 0 Å². The summed E-state index contributed by atoms with van der Waals surface area (Å²) in [5.74, 6) is -0.407. The lowest BCUT2D eigenvalue weighted by molar-refractivity contribution is -0.140. The summed E-state index contributed by atoms with van der Waals surface area (Å²) in [6.45, 7) is 19.4. The highest BCUT2D eigenvalue weighted by Gasteiger charge is 2.13. The Balaban J connectivity index is 3.09. The highest BCUT2D eigenvalue weighted by atomic mass is 28.4. The number of carbonyl (C=O) groups is 1. The molecule has 0 unspecified atom stereocenters. The number of carbonyl (C=O) groups excluding carboxylic acids is 1. The van der Waals surface area contributed by atoms with E-state index in [1.807, 2.05) is 0 Å². The fourth-order valence-electron chi connectivity index (χ4n) is 2.14. The van der Waals surface area contributed by atoms with Crippen molar-refractivity contribution in [2.24, 2.45) is 0 Å². The minimum absolute atomic E-state index is 0.207. The molecule has 0 aromatic heterocycles. The Morgan fingerprint density at radius 2 is 0.794 bits per heavy atom. The second kappa shape index (κ2) is 23.8. The molecular weight excluding hydrogens is 464 g/mol. The zero-order valence-electron chi connectivity index (χ0n) is 21.6. The Kier molecular flexibility index (Phi) is 23.2. The number of esters is 1. The predicted molar refractivity (Wildman–Crippen MR) is 131 cm³/mol. The first kappa shape index (κ1) is 33.1.